The highest BCUT2D eigenvalue weighted by Gasteiger charge is 2.37. The summed E-state index contributed by atoms with van der Waals surface area (Å²) in [5.74, 6) is 0.835. The second-order valence-electron chi connectivity index (χ2n) is 9.09. The van der Waals surface area contributed by atoms with E-state index in [4.69, 9.17) is 0 Å². The molecule has 1 aliphatic carbocycles. The standard InChI is InChI=1S/C21H37N3O3S/c1-17-14-18(2)16-24(15-17)28(26,27)23-12-9-20(10-13-23)21(25)22-11-8-19-6-4-3-5-7-19/h6,17-18,20H,3-5,7-16H2,1-2H3,(H,22,25). The van der Waals surface area contributed by atoms with Crippen molar-refractivity contribution in [3.8, 4) is 0 Å². The molecule has 0 aromatic carbocycles. The smallest absolute Gasteiger partial charge is 0.281 e. The SMILES string of the molecule is CC1CC(C)CN(S(=O)(=O)N2CCC(C(=O)NCCC3=CCCCC3)CC2)C1. The minimum absolute atomic E-state index is 0.0639. The minimum atomic E-state index is -3.40. The van der Waals surface area contributed by atoms with Gasteiger partial charge < -0.3 is 5.32 Å². The fourth-order valence-electron chi connectivity index (χ4n) is 4.93. The van der Waals surface area contributed by atoms with Crippen LogP contribution in [-0.2, 0) is 15.0 Å². The monoisotopic (exact) mass is 411 g/mol. The van der Waals surface area contributed by atoms with Crippen molar-refractivity contribution in [1.82, 2.24) is 13.9 Å². The summed E-state index contributed by atoms with van der Waals surface area (Å²) in [6.07, 6.45) is 10.5. The number of carbonyl (C=O) groups is 1. The third-order valence-electron chi connectivity index (χ3n) is 6.44. The Balaban J connectivity index is 1.44. The van der Waals surface area contributed by atoms with E-state index in [1.807, 2.05) is 0 Å². The first-order valence-electron chi connectivity index (χ1n) is 11.1. The summed E-state index contributed by atoms with van der Waals surface area (Å²) in [5.41, 5.74) is 1.47. The minimum Gasteiger partial charge on any atom is -0.356 e. The molecular weight excluding hydrogens is 374 g/mol. The van der Waals surface area contributed by atoms with Gasteiger partial charge in [-0.15, -0.1) is 0 Å². The van der Waals surface area contributed by atoms with Crippen LogP contribution < -0.4 is 5.32 Å². The van der Waals surface area contributed by atoms with E-state index < -0.39 is 10.2 Å². The lowest BCUT2D eigenvalue weighted by Gasteiger charge is -2.39. The van der Waals surface area contributed by atoms with Gasteiger partial charge in [0, 0.05) is 38.6 Å². The quantitative estimate of drug-likeness (QED) is 0.683. The maximum absolute atomic E-state index is 13.0. The Kier molecular flexibility index (Phi) is 7.56. The summed E-state index contributed by atoms with van der Waals surface area (Å²) >= 11 is 0. The van der Waals surface area contributed by atoms with E-state index in [0.29, 0.717) is 57.4 Å². The van der Waals surface area contributed by atoms with Crippen molar-refractivity contribution >= 4 is 16.1 Å². The van der Waals surface area contributed by atoms with Crippen molar-refractivity contribution in [2.45, 2.75) is 65.2 Å². The molecule has 2 saturated heterocycles. The van der Waals surface area contributed by atoms with Gasteiger partial charge >= 0.3 is 0 Å². The summed E-state index contributed by atoms with van der Waals surface area (Å²) < 4.78 is 29.2. The topological polar surface area (TPSA) is 69.7 Å². The van der Waals surface area contributed by atoms with Gasteiger partial charge in [-0.05, 0) is 63.2 Å². The van der Waals surface area contributed by atoms with Crippen LogP contribution in [0.2, 0.25) is 0 Å². The van der Waals surface area contributed by atoms with Crippen LogP contribution in [0.4, 0.5) is 0 Å². The molecule has 0 aromatic rings. The summed E-state index contributed by atoms with van der Waals surface area (Å²) in [7, 11) is -3.40. The third kappa shape index (κ3) is 5.57. The van der Waals surface area contributed by atoms with Gasteiger partial charge in [0.2, 0.25) is 5.91 Å². The van der Waals surface area contributed by atoms with Gasteiger partial charge in [-0.1, -0.05) is 25.5 Å². The van der Waals surface area contributed by atoms with Crippen LogP contribution in [0.25, 0.3) is 0 Å². The fourth-order valence-corrected chi connectivity index (χ4v) is 6.81. The normalized spacial score (nSPS) is 28.7. The molecule has 0 spiro atoms. The number of hydrogen-bond acceptors (Lipinski definition) is 3. The number of amides is 1. The van der Waals surface area contributed by atoms with Gasteiger partial charge in [0.25, 0.3) is 10.2 Å². The van der Waals surface area contributed by atoms with E-state index in [0.717, 1.165) is 12.8 Å². The molecule has 1 N–H and O–H groups in total. The first-order chi connectivity index (χ1) is 13.4. The number of piperidine rings is 2. The zero-order valence-corrected chi connectivity index (χ0v) is 18.3. The fraction of sp³-hybridized carbons (Fsp3) is 0.857. The molecule has 6 nitrogen and oxygen atoms in total. The molecule has 0 bridgehead atoms. The predicted octanol–water partition coefficient (Wildman–Crippen LogP) is 2.93. The lowest BCUT2D eigenvalue weighted by Crippen LogP contribution is -2.52. The van der Waals surface area contributed by atoms with Crippen LogP contribution in [0, 0.1) is 17.8 Å². The van der Waals surface area contributed by atoms with E-state index in [9.17, 15) is 13.2 Å². The van der Waals surface area contributed by atoms with Gasteiger partial charge in [0.1, 0.15) is 0 Å². The van der Waals surface area contributed by atoms with Crippen molar-refractivity contribution in [3.05, 3.63) is 11.6 Å². The molecule has 0 saturated carbocycles. The molecule has 2 unspecified atom stereocenters. The molecule has 28 heavy (non-hydrogen) atoms. The molecule has 2 atom stereocenters. The molecule has 2 aliphatic heterocycles. The molecular formula is C21H37N3O3S. The van der Waals surface area contributed by atoms with E-state index >= 15 is 0 Å². The van der Waals surface area contributed by atoms with Gasteiger partial charge in [-0.3, -0.25) is 4.79 Å². The highest BCUT2D eigenvalue weighted by molar-refractivity contribution is 7.86. The van der Waals surface area contributed by atoms with Crippen molar-refractivity contribution in [2.75, 3.05) is 32.7 Å². The van der Waals surface area contributed by atoms with Crippen LogP contribution >= 0.6 is 0 Å². The number of carbonyl (C=O) groups excluding carboxylic acids is 1. The van der Waals surface area contributed by atoms with Crippen LogP contribution in [0.5, 0.6) is 0 Å². The van der Waals surface area contributed by atoms with Crippen molar-refractivity contribution in [1.29, 1.82) is 0 Å². The van der Waals surface area contributed by atoms with Crippen LogP contribution in [-0.4, -0.2) is 55.7 Å². The predicted molar refractivity (Wildman–Crippen MR) is 112 cm³/mol. The largest absolute Gasteiger partial charge is 0.356 e. The summed E-state index contributed by atoms with van der Waals surface area (Å²) in [6.45, 7) is 7.07. The van der Waals surface area contributed by atoms with Crippen LogP contribution in [0.3, 0.4) is 0 Å². The van der Waals surface area contributed by atoms with Crippen LogP contribution in [0.15, 0.2) is 11.6 Å². The number of nitrogens with one attached hydrogen (secondary N) is 1. The lowest BCUT2D eigenvalue weighted by molar-refractivity contribution is -0.126. The number of allylic oxidation sites excluding steroid dienone is 1. The lowest BCUT2D eigenvalue weighted by atomic mass is 9.94. The Bertz CT molecular complexity index is 658. The molecule has 0 aromatic heterocycles. The molecule has 3 aliphatic rings. The van der Waals surface area contributed by atoms with E-state index in [2.05, 4.69) is 25.2 Å². The second kappa shape index (κ2) is 9.72. The van der Waals surface area contributed by atoms with E-state index in [1.165, 1.54) is 31.3 Å². The van der Waals surface area contributed by atoms with Crippen molar-refractivity contribution in [3.63, 3.8) is 0 Å². The molecule has 2 fully saturated rings. The molecule has 2 heterocycles. The van der Waals surface area contributed by atoms with Gasteiger partial charge in [0.15, 0.2) is 0 Å². The summed E-state index contributed by atoms with van der Waals surface area (Å²) in [6, 6.07) is 0. The highest BCUT2D eigenvalue weighted by Crippen LogP contribution is 2.27. The Morgan fingerprint density at radius 3 is 2.39 bits per heavy atom. The first kappa shape index (κ1) is 21.8. The molecule has 3 rings (SSSR count). The molecule has 7 heteroatoms. The third-order valence-corrected chi connectivity index (χ3v) is 8.41. The van der Waals surface area contributed by atoms with E-state index in [1.54, 1.807) is 8.61 Å². The zero-order valence-electron chi connectivity index (χ0n) is 17.5. The Morgan fingerprint density at radius 1 is 1.11 bits per heavy atom. The maximum atomic E-state index is 13.0. The van der Waals surface area contributed by atoms with E-state index in [-0.39, 0.29) is 11.8 Å². The van der Waals surface area contributed by atoms with Crippen molar-refractivity contribution in [2.24, 2.45) is 17.8 Å². The number of nitrogens with zero attached hydrogens (tertiary/aromatic N) is 2. The van der Waals surface area contributed by atoms with Gasteiger partial charge in [-0.25, -0.2) is 0 Å². The Morgan fingerprint density at radius 2 is 1.79 bits per heavy atom. The molecule has 0 radical (unpaired) electrons. The van der Waals surface area contributed by atoms with Crippen LogP contribution in [0.1, 0.15) is 65.2 Å². The van der Waals surface area contributed by atoms with Crippen molar-refractivity contribution < 1.29 is 13.2 Å². The Hall–Kier alpha value is -0.920. The molecule has 160 valence electrons. The average Bonchev–Trinajstić information content (AvgIpc) is 2.68. The zero-order chi connectivity index (χ0) is 20.1. The first-order valence-corrected chi connectivity index (χ1v) is 12.5. The molecule has 1 amide bonds. The number of hydrogen-bond donors (Lipinski definition) is 1. The van der Waals surface area contributed by atoms with Gasteiger partial charge in [-0.2, -0.15) is 17.0 Å². The Labute approximate surface area is 170 Å². The number of rotatable bonds is 6. The average molecular weight is 412 g/mol. The summed E-state index contributed by atoms with van der Waals surface area (Å²) in [4.78, 5) is 12.5. The second-order valence-corrected chi connectivity index (χ2v) is 11.0. The highest BCUT2D eigenvalue weighted by atomic mass is 32.2. The summed E-state index contributed by atoms with van der Waals surface area (Å²) in [5, 5.41) is 3.07. The maximum Gasteiger partial charge on any atom is 0.281 e. The van der Waals surface area contributed by atoms with Gasteiger partial charge in [0.05, 0.1) is 0 Å².